The SMILES string of the molecule is C=CCCCCC1SCCC1N.CC. The highest BCUT2D eigenvalue weighted by Crippen LogP contribution is 2.29. The fourth-order valence-electron chi connectivity index (χ4n) is 1.60. The number of thioether (sulfide) groups is 1. The van der Waals surface area contributed by atoms with Crippen LogP contribution in [0.5, 0.6) is 0 Å². The third-order valence-electron chi connectivity index (χ3n) is 2.41. The number of allylic oxidation sites excluding steroid dienone is 1. The van der Waals surface area contributed by atoms with Gasteiger partial charge < -0.3 is 5.73 Å². The van der Waals surface area contributed by atoms with Gasteiger partial charge in [-0.05, 0) is 31.4 Å². The minimum Gasteiger partial charge on any atom is -0.327 e. The summed E-state index contributed by atoms with van der Waals surface area (Å²) in [6.45, 7) is 7.72. The molecule has 1 heterocycles. The molecule has 2 unspecified atom stereocenters. The van der Waals surface area contributed by atoms with E-state index in [0.29, 0.717) is 6.04 Å². The minimum absolute atomic E-state index is 0.471. The maximum Gasteiger partial charge on any atom is 0.0199 e. The van der Waals surface area contributed by atoms with Gasteiger partial charge in [0, 0.05) is 11.3 Å². The van der Waals surface area contributed by atoms with Gasteiger partial charge in [0.1, 0.15) is 0 Å². The highest BCUT2D eigenvalue weighted by molar-refractivity contribution is 8.00. The van der Waals surface area contributed by atoms with Crippen LogP contribution < -0.4 is 5.73 Å². The molecule has 0 aromatic heterocycles. The van der Waals surface area contributed by atoms with Crippen LogP contribution in [0.4, 0.5) is 0 Å². The third-order valence-corrected chi connectivity index (χ3v) is 3.89. The minimum atomic E-state index is 0.471. The number of hydrogen-bond donors (Lipinski definition) is 1. The van der Waals surface area contributed by atoms with Crippen molar-refractivity contribution >= 4 is 11.8 Å². The second-order valence-electron chi connectivity index (χ2n) is 3.43. The molecule has 1 fully saturated rings. The molecular weight excluding hydrogens is 190 g/mol. The topological polar surface area (TPSA) is 26.0 Å². The maximum absolute atomic E-state index is 5.95. The summed E-state index contributed by atoms with van der Waals surface area (Å²) in [5.74, 6) is 1.27. The van der Waals surface area contributed by atoms with E-state index in [1.54, 1.807) is 0 Å². The van der Waals surface area contributed by atoms with Gasteiger partial charge in [-0.15, -0.1) is 6.58 Å². The Hall–Kier alpha value is 0.0500. The molecule has 0 amide bonds. The van der Waals surface area contributed by atoms with E-state index in [9.17, 15) is 0 Å². The van der Waals surface area contributed by atoms with Crippen molar-refractivity contribution in [3.05, 3.63) is 12.7 Å². The molecule has 14 heavy (non-hydrogen) atoms. The van der Waals surface area contributed by atoms with Gasteiger partial charge in [0.25, 0.3) is 0 Å². The van der Waals surface area contributed by atoms with Gasteiger partial charge >= 0.3 is 0 Å². The second kappa shape index (κ2) is 9.60. The highest BCUT2D eigenvalue weighted by atomic mass is 32.2. The molecule has 84 valence electrons. The average Bonchev–Trinajstić information content (AvgIpc) is 2.62. The van der Waals surface area contributed by atoms with Crippen molar-refractivity contribution in [1.29, 1.82) is 0 Å². The first-order chi connectivity index (χ1) is 6.84. The first-order valence-corrected chi connectivity index (χ1v) is 6.87. The average molecular weight is 215 g/mol. The number of unbranched alkanes of at least 4 members (excludes halogenated alkanes) is 2. The summed E-state index contributed by atoms with van der Waals surface area (Å²) in [4.78, 5) is 0. The number of nitrogens with two attached hydrogens (primary N) is 1. The molecule has 0 radical (unpaired) electrons. The second-order valence-corrected chi connectivity index (χ2v) is 4.78. The Morgan fingerprint density at radius 1 is 1.43 bits per heavy atom. The fraction of sp³-hybridized carbons (Fsp3) is 0.833. The standard InChI is InChI=1S/C10H19NS.C2H6/c1-2-3-4-5-6-10-9(11)7-8-12-10;1-2/h2,9-10H,1,3-8,11H2;1-2H3. The Balaban J connectivity index is 0.000000791. The quantitative estimate of drug-likeness (QED) is 0.560. The summed E-state index contributed by atoms with van der Waals surface area (Å²) in [6.07, 6.45) is 8.29. The molecule has 1 rings (SSSR count). The molecule has 2 atom stereocenters. The Bertz CT molecular complexity index is 136. The van der Waals surface area contributed by atoms with Crippen molar-refractivity contribution < 1.29 is 0 Å². The predicted molar refractivity (Wildman–Crippen MR) is 68.9 cm³/mol. The van der Waals surface area contributed by atoms with Crippen LogP contribution in [0.1, 0.15) is 46.0 Å². The van der Waals surface area contributed by atoms with Crippen molar-refractivity contribution in [3.63, 3.8) is 0 Å². The molecule has 2 N–H and O–H groups in total. The summed E-state index contributed by atoms with van der Waals surface area (Å²) >= 11 is 2.06. The first-order valence-electron chi connectivity index (χ1n) is 5.82. The van der Waals surface area contributed by atoms with Gasteiger partial charge in [0.15, 0.2) is 0 Å². The van der Waals surface area contributed by atoms with Crippen LogP contribution in [0.3, 0.4) is 0 Å². The van der Waals surface area contributed by atoms with Crippen LogP contribution in [0.15, 0.2) is 12.7 Å². The van der Waals surface area contributed by atoms with Gasteiger partial charge in [-0.3, -0.25) is 0 Å². The van der Waals surface area contributed by atoms with E-state index in [2.05, 4.69) is 18.3 Å². The van der Waals surface area contributed by atoms with E-state index < -0.39 is 0 Å². The zero-order valence-electron chi connectivity index (χ0n) is 9.67. The van der Waals surface area contributed by atoms with Crippen molar-refractivity contribution in [1.82, 2.24) is 0 Å². The van der Waals surface area contributed by atoms with Gasteiger partial charge in [0.05, 0.1) is 0 Å². The van der Waals surface area contributed by atoms with Crippen LogP contribution in [-0.2, 0) is 0 Å². The van der Waals surface area contributed by atoms with E-state index >= 15 is 0 Å². The van der Waals surface area contributed by atoms with Gasteiger partial charge in [-0.1, -0.05) is 26.3 Å². The molecule has 1 nitrogen and oxygen atoms in total. The lowest BCUT2D eigenvalue weighted by atomic mass is 10.1. The van der Waals surface area contributed by atoms with Crippen molar-refractivity contribution in [2.45, 2.75) is 57.2 Å². The van der Waals surface area contributed by atoms with E-state index in [1.165, 1.54) is 31.4 Å². The number of rotatable bonds is 5. The fourth-order valence-corrected chi connectivity index (χ4v) is 3.02. The first kappa shape index (κ1) is 14.1. The van der Waals surface area contributed by atoms with Gasteiger partial charge in [0.2, 0.25) is 0 Å². The zero-order valence-corrected chi connectivity index (χ0v) is 10.5. The van der Waals surface area contributed by atoms with Crippen LogP contribution in [0, 0.1) is 0 Å². The predicted octanol–water partition coefficient (Wildman–Crippen LogP) is 3.59. The lowest BCUT2D eigenvalue weighted by Gasteiger charge is -2.13. The molecule has 0 aliphatic carbocycles. The van der Waals surface area contributed by atoms with E-state index in [-0.39, 0.29) is 0 Å². The molecule has 0 aromatic rings. The van der Waals surface area contributed by atoms with Crippen LogP contribution in [-0.4, -0.2) is 17.0 Å². The molecule has 0 spiro atoms. The number of hydrogen-bond acceptors (Lipinski definition) is 2. The zero-order chi connectivity index (χ0) is 10.8. The summed E-state index contributed by atoms with van der Waals surface area (Å²) in [6, 6.07) is 0.471. The summed E-state index contributed by atoms with van der Waals surface area (Å²) in [7, 11) is 0. The molecule has 2 heteroatoms. The lowest BCUT2D eigenvalue weighted by molar-refractivity contribution is 0.579. The monoisotopic (exact) mass is 215 g/mol. The van der Waals surface area contributed by atoms with E-state index in [4.69, 9.17) is 5.73 Å². The van der Waals surface area contributed by atoms with E-state index in [1.807, 2.05) is 19.9 Å². The van der Waals surface area contributed by atoms with Gasteiger partial charge in [-0.2, -0.15) is 11.8 Å². The lowest BCUT2D eigenvalue weighted by Crippen LogP contribution is -2.27. The van der Waals surface area contributed by atoms with Crippen LogP contribution >= 0.6 is 11.8 Å². The van der Waals surface area contributed by atoms with Crippen molar-refractivity contribution in [3.8, 4) is 0 Å². The summed E-state index contributed by atoms with van der Waals surface area (Å²) in [5.41, 5.74) is 5.95. The van der Waals surface area contributed by atoms with Crippen molar-refractivity contribution in [2.75, 3.05) is 5.75 Å². The molecule has 0 bridgehead atoms. The molecule has 1 aliphatic heterocycles. The van der Waals surface area contributed by atoms with Crippen LogP contribution in [0.2, 0.25) is 0 Å². The highest BCUT2D eigenvalue weighted by Gasteiger charge is 2.23. The third kappa shape index (κ3) is 5.71. The summed E-state index contributed by atoms with van der Waals surface area (Å²) in [5, 5.41) is 0.745. The van der Waals surface area contributed by atoms with Crippen molar-refractivity contribution in [2.24, 2.45) is 5.73 Å². The maximum atomic E-state index is 5.95. The van der Waals surface area contributed by atoms with Crippen LogP contribution in [0.25, 0.3) is 0 Å². The Morgan fingerprint density at radius 3 is 2.64 bits per heavy atom. The van der Waals surface area contributed by atoms with Gasteiger partial charge in [-0.25, -0.2) is 0 Å². The Kier molecular flexibility index (Phi) is 9.63. The molecular formula is C12H25NS. The Morgan fingerprint density at radius 2 is 2.14 bits per heavy atom. The molecule has 1 saturated heterocycles. The smallest absolute Gasteiger partial charge is 0.0199 e. The molecule has 0 saturated carbocycles. The van der Waals surface area contributed by atoms with E-state index in [0.717, 1.165) is 11.7 Å². The Labute approximate surface area is 93.5 Å². The summed E-state index contributed by atoms with van der Waals surface area (Å²) < 4.78 is 0. The molecule has 1 aliphatic rings. The normalized spacial score (nSPS) is 25.4. The molecule has 0 aromatic carbocycles. The largest absolute Gasteiger partial charge is 0.327 e.